The Kier molecular flexibility index (Phi) is 8.60. The number of amides is 1. The van der Waals surface area contributed by atoms with E-state index in [1.165, 1.54) is 12.8 Å². The van der Waals surface area contributed by atoms with Gasteiger partial charge in [-0.2, -0.15) is 0 Å². The van der Waals surface area contributed by atoms with Gasteiger partial charge in [-0.1, -0.05) is 6.07 Å². The van der Waals surface area contributed by atoms with Crippen LogP contribution in [-0.2, 0) is 11.2 Å². The lowest BCUT2D eigenvalue weighted by Crippen LogP contribution is -2.30. The summed E-state index contributed by atoms with van der Waals surface area (Å²) in [5, 5.41) is 6.40. The first kappa shape index (κ1) is 19.6. The number of piperidine rings is 1. The first-order valence-electron chi connectivity index (χ1n) is 9.58. The maximum Gasteiger partial charge on any atom is 0.220 e. The van der Waals surface area contributed by atoms with Crippen molar-refractivity contribution >= 4 is 5.91 Å². The number of hydrogen-bond donors (Lipinski definition) is 2. The van der Waals surface area contributed by atoms with Crippen molar-refractivity contribution in [1.29, 1.82) is 0 Å². The van der Waals surface area contributed by atoms with E-state index in [4.69, 9.17) is 9.47 Å². The van der Waals surface area contributed by atoms with Crippen LogP contribution in [-0.4, -0.2) is 38.8 Å². The van der Waals surface area contributed by atoms with E-state index in [0.29, 0.717) is 32.1 Å². The maximum atomic E-state index is 12.0. The Balaban J connectivity index is 1.72. The Morgan fingerprint density at radius 1 is 1.16 bits per heavy atom. The van der Waals surface area contributed by atoms with E-state index in [2.05, 4.69) is 10.6 Å². The SMILES string of the molecule is CCOc1ccc(CCNC(=O)CCC2CCNCC2)cc1OCC. The summed E-state index contributed by atoms with van der Waals surface area (Å²) in [6.07, 6.45) is 4.83. The summed E-state index contributed by atoms with van der Waals surface area (Å²) in [5.41, 5.74) is 1.14. The average molecular weight is 348 g/mol. The molecular formula is C20H32N2O3. The van der Waals surface area contributed by atoms with Gasteiger partial charge < -0.3 is 20.1 Å². The van der Waals surface area contributed by atoms with Crippen molar-refractivity contribution in [1.82, 2.24) is 10.6 Å². The molecule has 25 heavy (non-hydrogen) atoms. The molecule has 0 radical (unpaired) electrons. The van der Waals surface area contributed by atoms with Gasteiger partial charge in [0.25, 0.3) is 0 Å². The fraction of sp³-hybridized carbons (Fsp3) is 0.650. The van der Waals surface area contributed by atoms with Crippen molar-refractivity contribution in [3.63, 3.8) is 0 Å². The second-order valence-corrected chi connectivity index (χ2v) is 6.48. The largest absolute Gasteiger partial charge is 0.490 e. The smallest absolute Gasteiger partial charge is 0.220 e. The Labute approximate surface area is 151 Å². The zero-order valence-electron chi connectivity index (χ0n) is 15.6. The molecular weight excluding hydrogens is 316 g/mol. The number of rotatable bonds is 10. The number of nitrogens with one attached hydrogen (secondary N) is 2. The molecule has 1 amide bonds. The predicted molar refractivity (Wildman–Crippen MR) is 100 cm³/mol. The second kappa shape index (κ2) is 11.0. The van der Waals surface area contributed by atoms with Gasteiger partial charge in [-0.3, -0.25) is 4.79 Å². The average Bonchev–Trinajstić information content (AvgIpc) is 2.63. The van der Waals surface area contributed by atoms with Gasteiger partial charge in [0, 0.05) is 13.0 Å². The number of benzene rings is 1. The highest BCUT2D eigenvalue weighted by atomic mass is 16.5. The van der Waals surface area contributed by atoms with E-state index < -0.39 is 0 Å². The van der Waals surface area contributed by atoms with Gasteiger partial charge in [0.05, 0.1) is 13.2 Å². The number of carbonyl (C=O) groups excluding carboxylic acids is 1. The van der Waals surface area contributed by atoms with Crippen molar-refractivity contribution in [2.75, 3.05) is 32.8 Å². The van der Waals surface area contributed by atoms with Crippen LogP contribution in [0.1, 0.15) is 45.1 Å². The van der Waals surface area contributed by atoms with Gasteiger partial charge in [-0.15, -0.1) is 0 Å². The summed E-state index contributed by atoms with van der Waals surface area (Å²) >= 11 is 0. The molecule has 1 aromatic rings. The lowest BCUT2D eigenvalue weighted by molar-refractivity contribution is -0.121. The van der Waals surface area contributed by atoms with Gasteiger partial charge in [0.1, 0.15) is 0 Å². The minimum Gasteiger partial charge on any atom is -0.490 e. The molecule has 5 heteroatoms. The van der Waals surface area contributed by atoms with Crippen LogP contribution in [0.25, 0.3) is 0 Å². The monoisotopic (exact) mass is 348 g/mol. The zero-order chi connectivity index (χ0) is 17.9. The van der Waals surface area contributed by atoms with Crippen LogP contribution in [0.2, 0.25) is 0 Å². The summed E-state index contributed by atoms with van der Waals surface area (Å²) in [6, 6.07) is 5.99. The molecule has 1 aliphatic heterocycles. The molecule has 1 saturated heterocycles. The molecule has 5 nitrogen and oxygen atoms in total. The molecule has 1 aliphatic rings. The molecule has 0 bridgehead atoms. The third-order valence-corrected chi connectivity index (χ3v) is 4.58. The first-order valence-corrected chi connectivity index (χ1v) is 9.58. The van der Waals surface area contributed by atoms with Gasteiger partial charge in [-0.25, -0.2) is 0 Å². The van der Waals surface area contributed by atoms with Gasteiger partial charge in [-0.05, 0) is 76.2 Å². The van der Waals surface area contributed by atoms with Gasteiger partial charge in [0.15, 0.2) is 11.5 Å². The van der Waals surface area contributed by atoms with Crippen LogP contribution in [0.5, 0.6) is 11.5 Å². The van der Waals surface area contributed by atoms with Crippen LogP contribution in [0, 0.1) is 5.92 Å². The fourth-order valence-corrected chi connectivity index (χ4v) is 3.19. The van der Waals surface area contributed by atoms with Crippen LogP contribution >= 0.6 is 0 Å². The topological polar surface area (TPSA) is 59.6 Å². The third kappa shape index (κ3) is 6.94. The maximum absolute atomic E-state index is 12.0. The van der Waals surface area contributed by atoms with Crippen molar-refractivity contribution in [3.8, 4) is 11.5 Å². The Hall–Kier alpha value is -1.75. The van der Waals surface area contributed by atoms with E-state index in [0.717, 1.165) is 43.0 Å². The summed E-state index contributed by atoms with van der Waals surface area (Å²) in [7, 11) is 0. The minimum absolute atomic E-state index is 0.162. The molecule has 1 fully saturated rings. The summed E-state index contributed by atoms with van der Waals surface area (Å²) < 4.78 is 11.2. The molecule has 140 valence electrons. The number of hydrogen-bond acceptors (Lipinski definition) is 4. The van der Waals surface area contributed by atoms with E-state index in [-0.39, 0.29) is 5.91 Å². The second-order valence-electron chi connectivity index (χ2n) is 6.48. The minimum atomic E-state index is 0.162. The van der Waals surface area contributed by atoms with E-state index in [1.54, 1.807) is 0 Å². The molecule has 2 rings (SSSR count). The van der Waals surface area contributed by atoms with Crippen LogP contribution < -0.4 is 20.1 Å². The van der Waals surface area contributed by atoms with E-state index in [1.807, 2.05) is 32.0 Å². The predicted octanol–water partition coefficient (Wildman–Crippen LogP) is 2.92. The molecule has 0 aromatic heterocycles. The lowest BCUT2D eigenvalue weighted by atomic mass is 9.93. The highest BCUT2D eigenvalue weighted by molar-refractivity contribution is 5.75. The Bertz CT molecular complexity index is 528. The molecule has 0 unspecified atom stereocenters. The van der Waals surface area contributed by atoms with Gasteiger partial charge in [0.2, 0.25) is 5.91 Å². The number of ether oxygens (including phenoxy) is 2. The molecule has 1 aromatic carbocycles. The molecule has 1 heterocycles. The molecule has 0 aliphatic carbocycles. The fourth-order valence-electron chi connectivity index (χ4n) is 3.19. The third-order valence-electron chi connectivity index (χ3n) is 4.58. The van der Waals surface area contributed by atoms with Crippen LogP contribution in [0.15, 0.2) is 18.2 Å². The quantitative estimate of drug-likeness (QED) is 0.682. The van der Waals surface area contributed by atoms with Crippen molar-refractivity contribution in [2.24, 2.45) is 5.92 Å². The van der Waals surface area contributed by atoms with Gasteiger partial charge >= 0.3 is 0 Å². The van der Waals surface area contributed by atoms with Crippen molar-refractivity contribution in [3.05, 3.63) is 23.8 Å². The summed E-state index contributed by atoms with van der Waals surface area (Å²) in [4.78, 5) is 12.0. The van der Waals surface area contributed by atoms with Crippen LogP contribution in [0.3, 0.4) is 0 Å². The molecule has 0 atom stereocenters. The Morgan fingerprint density at radius 3 is 2.60 bits per heavy atom. The highest BCUT2D eigenvalue weighted by Gasteiger charge is 2.14. The van der Waals surface area contributed by atoms with Crippen LogP contribution in [0.4, 0.5) is 0 Å². The zero-order valence-corrected chi connectivity index (χ0v) is 15.6. The molecule has 0 spiro atoms. The van der Waals surface area contributed by atoms with E-state index >= 15 is 0 Å². The molecule has 2 N–H and O–H groups in total. The lowest BCUT2D eigenvalue weighted by Gasteiger charge is -2.22. The molecule has 0 saturated carbocycles. The summed E-state index contributed by atoms with van der Waals surface area (Å²) in [6.45, 7) is 7.99. The summed E-state index contributed by atoms with van der Waals surface area (Å²) in [5.74, 6) is 2.42. The van der Waals surface area contributed by atoms with Crippen molar-refractivity contribution < 1.29 is 14.3 Å². The Morgan fingerprint density at radius 2 is 1.88 bits per heavy atom. The number of carbonyl (C=O) groups is 1. The van der Waals surface area contributed by atoms with Crippen molar-refractivity contribution in [2.45, 2.75) is 46.0 Å². The van der Waals surface area contributed by atoms with E-state index in [9.17, 15) is 4.79 Å². The standard InChI is InChI=1S/C20H32N2O3/c1-3-24-18-7-5-17(15-19(18)25-4-2)11-14-22-20(23)8-6-16-9-12-21-13-10-16/h5,7,15-16,21H,3-4,6,8-14H2,1-2H3,(H,22,23). The highest BCUT2D eigenvalue weighted by Crippen LogP contribution is 2.28. The first-order chi connectivity index (χ1) is 12.2. The normalized spacial score (nSPS) is 15.0.